The summed E-state index contributed by atoms with van der Waals surface area (Å²) in [5.74, 6) is -1.32. The van der Waals surface area contributed by atoms with E-state index in [0.29, 0.717) is 17.3 Å². The number of aromatic nitrogens is 2. The van der Waals surface area contributed by atoms with Gasteiger partial charge in [-0.1, -0.05) is 0 Å². The third-order valence-electron chi connectivity index (χ3n) is 5.93. The molecule has 0 spiro atoms. The molecule has 3 aliphatic rings. The minimum Gasteiger partial charge on any atom is -0.456 e. The van der Waals surface area contributed by atoms with E-state index in [1.807, 2.05) is 0 Å². The van der Waals surface area contributed by atoms with Gasteiger partial charge in [-0.15, -0.1) is 4.28 Å². The normalized spacial score (nSPS) is 23.9. The first kappa shape index (κ1) is 24.8. The van der Waals surface area contributed by atoms with Gasteiger partial charge in [0.15, 0.2) is 0 Å². The molecule has 1 aromatic rings. The van der Waals surface area contributed by atoms with Crippen LogP contribution in [-0.2, 0) is 47.0 Å². The molecule has 4 rings (SSSR count). The second kappa shape index (κ2) is 10.1. The van der Waals surface area contributed by atoms with Crippen LogP contribution in [0.3, 0.4) is 0 Å². The number of rotatable bonds is 8. The summed E-state index contributed by atoms with van der Waals surface area (Å²) in [7, 11) is -4.90. The number of urea groups is 1. The number of piperidine rings is 1. The topological polar surface area (TPSA) is 201 Å². The van der Waals surface area contributed by atoms with Crippen molar-refractivity contribution in [3.05, 3.63) is 18.2 Å². The molecular weight excluding hydrogens is 490 g/mol. The summed E-state index contributed by atoms with van der Waals surface area (Å²) >= 11 is 0. The smallest absolute Gasteiger partial charge is 0.418 e. The third kappa shape index (κ3) is 5.87. The first-order chi connectivity index (χ1) is 16.6. The summed E-state index contributed by atoms with van der Waals surface area (Å²) in [6.07, 6.45) is 5.00. The number of nitrogens with zero attached hydrogens (tertiary/aromatic N) is 4. The number of hydrogen-bond donors (Lipinski definition) is 4. The first-order valence-electron chi connectivity index (χ1n) is 10.9. The van der Waals surface area contributed by atoms with Gasteiger partial charge in [-0.3, -0.25) is 29.8 Å². The van der Waals surface area contributed by atoms with Crippen molar-refractivity contribution in [2.75, 3.05) is 13.1 Å². The molecular formula is C18H25N7O9S. The van der Waals surface area contributed by atoms with Crippen LogP contribution in [0.25, 0.3) is 0 Å². The van der Waals surface area contributed by atoms with Crippen LogP contribution in [0, 0.1) is 0 Å². The van der Waals surface area contributed by atoms with Crippen LogP contribution in [0.15, 0.2) is 12.4 Å². The van der Waals surface area contributed by atoms with Crippen LogP contribution in [0.5, 0.6) is 0 Å². The molecule has 3 aliphatic heterocycles. The quantitative estimate of drug-likeness (QED) is 0.167. The van der Waals surface area contributed by atoms with Crippen molar-refractivity contribution in [1.82, 2.24) is 35.7 Å². The minimum absolute atomic E-state index is 0.0217. The van der Waals surface area contributed by atoms with Gasteiger partial charge in [-0.25, -0.2) is 9.78 Å². The minimum atomic E-state index is -4.90. The summed E-state index contributed by atoms with van der Waals surface area (Å²) in [5.41, 5.74) is 4.50. The highest BCUT2D eigenvalue weighted by Crippen LogP contribution is 2.30. The number of hydroxylamine groups is 2. The van der Waals surface area contributed by atoms with E-state index in [0.717, 1.165) is 17.9 Å². The Morgan fingerprint density at radius 1 is 1.23 bits per heavy atom. The van der Waals surface area contributed by atoms with E-state index >= 15 is 0 Å². The number of hydrogen-bond acceptors (Lipinski definition) is 10. The van der Waals surface area contributed by atoms with E-state index < -0.39 is 40.3 Å². The lowest BCUT2D eigenvalue weighted by atomic mass is 10.0. The van der Waals surface area contributed by atoms with Gasteiger partial charge in [0.25, 0.3) is 11.8 Å². The first-order valence-corrected chi connectivity index (χ1v) is 12.2. The largest absolute Gasteiger partial charge is 0.456 e. The Hall–Kier alpha value is -3.28. The van der Waals surface area contributed by atoms with Gasteiger partial charge in [-0.2, -0.15) is 13.5 Å². The second-order valence-electron chi connectivity index (χ2n) is 8.28. The molecule has 17 heteroatoms. The lowest BCUT2D eigenvalue weighted by Crippen LogP contribution is -2.54. The summed E-state index contributed by atoms with van der Waals surface area (Å²) in [4.78, 5) is 54.5. The number of amides is 4. The molecule has 1 aromatic heterocycles. The fourth-order valence-corrected chi connectivity index (χ4v) is 4.65. The number of esters is 1. The van der Waals surface area contributed by atoms with Crippen molar-refractivity contribution >= 4 is 34.2 Å². The van der Waals surface area contributed by atoms with Gasteiger partial charge in [-0.05, 0) is 32.2 Å². The van der Waals surface area contributed by atoms with Gasteiger partial charge in [0.1, 0.15) is 31.1 Å². The Balaban J connectivity index is 1.25. The Labute approximate surface area is 199 Å². The van der Waals surface area contributed by atoms with Crippen molar-refractivity contribution in [3.63, 3.8) is 0 Å². The maximum atomic E-state index is 12.6. The summed E-state index contributed by atoms with van der Waals surface area (Å²) in [6, 6.07) is -2.84. The van der Waals surface area contributed by atoms with E-state index in [4.69, 9.17) is 9.29 Å². The summed E-state index contributed by atoms with van der Waals surface area (Å²) in [5, 5.41) is 3.56. The predicted molar refractivity (Wildman–Crippen MR) is 113 cm³/mol. The monoisotopic (exact) mass is 515 g/mol. The standard InChI is InChI=1S/C18H25N7O9S/c26-15(9-23-7-6-20-14(23)10-33-17(28)12-2-1-5-19-12)21-22-16(27)13-4-3-11-8-24(13)18(29)25(11)34-35(30,31)32/h6-7,11-13,19H,1-5,8-10H2,(H,21,26)(H,22,27)(H,30,31,32)/t11?,12-,13?/m0/s1. The van der Waals surface area contributed by atoms with Crippen LogP contribution in [-0.4, -0.2) is 87.5 Å². The molecule has 3 fully saturated rings. The van der Waals surface area contributed by atoms with E-state index in [2.05, 4.69) is 25.4 Å². The van der Waals surface area contributed by atoms with Gasteiger partial charge in [0.05, 0.1) is 6.04 Å². The maximum absolute atomic E-state index is 12.6. The second-order valence-corrected chi connectivity index (χ2v) is 9.28. The van der Waals surface area contributed by atoms with Crippen LogP contribution in [0.4, 0.5) is 4.79 Å². The molecule has 3 saturated heterocycles. The number of hydrazine groups is 1. The number of nitrogens with one attached hydrogen (secondary N) is 3. The fraction of sp³-hybridized carbons (Fsp3) is 0.611. The Morgan fingerprint density at radius 3 is 2.74 bits per heavy atom. The lowest BCUT2D eigenvalue weighted by Gasteiger charge is -2.29. The molecule has 4 heterocycles. The van der Waals surface area contributed by atoms with Crippen molar-refractivity contribution in [2.24, 2.45) is 0 Å². The molecule has 0 aromatic carbocycles. The van der Waals surface area contributed by atoms with Crippen molar-refractivity contribution in [2.45, 2.75) is 57.0 Å². The Bertz CT molecular complexity index is 1100. The number of ether oxygens (including phenoxy) is 1. The summed E-state index contributed by atoms with van der Waals surface area (Å²) in [6.45, 7) is 0.435. The van der Waals surface area contributed by atoms with E-state index in [9.17, 15) is 27.6 Å². The average molecular weight is 516 g/mol. The summed E-state index contributed by atoms with van der Waals surface area (Å²) < 4.78 is 41.8. The maximum Gasteiger partial charge on any atom is 0.418 e. The average Bonchev–Trinajstić information content (AvgIpc) is 3.54. The molecule has 2 bridgehead atoms. The van der Waals surface area contributed by atoms with Gasteiger partial charge < -0.3 is 19.5 Å². The van der Waals surface area contributed by atoms with Crippen molar-refractivity contribution in [3.8, 4) is 0 Å². The number of imidazole rings is 1. The van der Waals surface area contributed by atoms with Gasteiger partial charge in [0, 0.05) is 18.9 Å². The molecule has 35 heavy (non-hydrogen) atoms. The van der Waals surface area contributed by atoms with Crippen LogP contribution >= 0.6 is 0 Å². The van der Waals surface area contributed by atoms with Crippen LogP contribution < -0.4 is 16.2 Å². The third-order valence-corrected chi connectivity index (χ3v) is 6.28. The van der Waals surface area contributed by atoms with Crippen molar-refractivity contribution < 1.29 is 41.2 Å². The van der Waals surface area contributed by atoms with E-state index in [-0.39, 0.29) is 44.5 Å². The molecule has 0 aliphatic carbocycles. The molecule has 3 atom stereocenters. The molecule has 4 N–H and O–H groups in total. The molecule has 16 nitrogen and oxygen atoms in total. The van der Waals surface area contributed by atoms with Gasteiger partial charge >= 0.3 is 22.4 Å². The zero-order valence-electron chi connectivity index (χ0n) is 18.5. The van der Waals surface area contributed by atoms with Gasteiger partial charge in [0.2, 0.25) is 0 Å². The molecule has 192 valence electrons. The van der Waals surface area contributed by atoms with Crippen LogP contribution in [0.2, 0.25) is 0 Å². The molecule has 4 amide bonds. The van der Waals surface area contributed by atoms with Crippen molar-refractivity contribution in [1.29, 1.82) is 0 Å². The zero-order chi connectivity index (χ0) is 25.2. The number of carbonyl (C=O) groups excluding carboxylic acids is 4. The Kier molecular flexibility index (Phi) is 7.20. The fourth-order valence-electron chi connectivity index (χ4n) is 4.26. The SMILES string of the molecule is O=C(Cn1ccnc1COC(=O)[C@@H]1CCCN1)NNC(=O)C1CCC2CN1C(=O)N2OS(=O)(=O)O. The van der Waals surface area contributed by atoms with E-state index in [1.165, 1.54) is 17.0 Å². The number of carbonyl (C=O) groups is 4. The highest BCUT2D eigenvalue weighted by Gasteiger charge is 2.49. The number of fused-ring (bicyclic) bond motifs is 2. The van der Waals surface area contributed by atoms with Crippen LogP contribution in [0.1, 0.15) is 31.5 Å². The molecule has 0 saturated carbocycles. The molecule has 0 radical (unpaired) electrons. The lowest BCUT2D eigenvalue weighted by molar-refractivity contribution is -0.147. The predicted octanol–water partition coefficient (Wildman–Crippen LogP) is -2.17. The zero-order valence-corrected chi connectivity index (χ0v) is 19.3. The highest BCUT2D eigenvalue weighted by atomic mass is 32.3. The van der Waals surface area contributed by atoms with E-state index in [1.54, 1.807) is 0 Å². The molecule has 2 unspecified atom stereocenters. The Morgan fingerprint density at radius 2 is 2.03 bits per heavy atom. The highest BCUT2D eigenvalue weighted by molar-refractivity contribution is 7.80.